The van der Waals surface area contributed by atoms with Gasteiger partial charge in [0.2, 0.25) is 0 Å². The normalized spacial score (nSPS) is 12.6. The summed E-state index contributed by atoms with van der Waals surface area (Å²) in [6, 6.07) is 0. The van der Waals surface area contributed by atoms with Gasteiger partial charge in [-0.05, 0) is 0 Å². The lowest BCUT2D eigenvalue weighted by Crippen LogP contribution is -2.11. The molecule has 0 N–H and O–H groups in total. The van der Waals surface area contributed by atoms with Crippen molar-refractivity contribution in [3.63, 3.8) is 0 Å². The van der Waals surface area contributed by atoms with Gasteiger partial charge in [0.25, 0.3) is 0 Å². The molecule has 0 aromatic carbocycles. The fourth-order valence-electron chi connectivity index (χ4n) is 0.244. The first-order valence-electron chi connectivity index (χ1n) is 2.29. The van der Waals surface area contributed by atoms with E-state index in [1.807, 2.05) is 0 Å². The maximum atomic E-state index is 11.2. The van der Waals surface area contributed by atoms with Crippen molar-refractivity contribution >= 4 is 0 Å². The predicted octanol–water partition coefficient (Wildman–Crippen LogP) is 2.34. The summed E-state index contributed by atoms with van der Waals surface area (Å²) in [6.45, 7) is -3.46. The molecule has 0 spiro atoms. The van der Waals surface area contributed by atoms with Crippen molar-refractivity contribution in [3.8, 4) is 0 Å². The largest absolute Gasteiger partial charge is 0.448 e. The molecule has 0 heterocycles. The van der Waals surface area contributed by atoms with Crippen molar-refractivity contribution < 1.29 is 26.7 Å². The van der Waals surface area contributed by atoms with E-state index in [-0.39, 0.29) is 0 Å². The minimum Gasteiger partial charge on any atom is -0.313 e. The number of halogens is 5. The summed E-state index contributed by atoms with van der Waals surface area (Å²) in [7, 11) is 0. The standard InChI is InChI=1S/C4H4F5O/c5-3(6)10-2-1-4(7,8)9/h1-2H2. The second-order valence-electron chi connectivity index (χ2n) is 1.44. The van der Waals surface area contributed by atoms with Gasteiger partial charge in [0.05, 0.1) is 13.0 Å². The van der Waals surface area contributed by atoms with Gasteiger partial charge >= 0.3 is 12.8 Å². The summed E-state index contributed by atoms with van der Waals surface area (Å²) in [5.74, 6) is 0. The molecule has 0 aliphatic heterocycles. The highest BCUT2D eigenvalue weighted by Gasteiger charge is 2.27. The van der Waals surface area contributed by atoms with E-state index in [1.165, 1.54) is 0 Å². The van der Waals surface area contributed by atoms with E-state index >= 15 is 0 Å². The third-order valence-electron chi connectivity index (χ3n) is 0.597. The molecule has 0 aliphatic carbocycles. The van der Waals surface area contributed by atoms with Crippen molar-refractivity contribution in [1.82, 2.24) is 0 Å². The molecule has 10 heavy (non-hydrogen) atoms. The summed E-state index contributed by atoms with van der Waals surface area (Å²) >= 11 is 0. The summed E-state index contributed by atoms with van der Waals surface area (Å²) in [5.41, 5.74) is 0. The Morgan fingerprint density at radius 2 is 1.70 bits per heavy atom. The molecular formula is C4H4F5O. The molecule has 0 aromatic rings. The Kier molecular flexibility index (Phi) is 3.55. The van der Waals surface area contributed by atoms with Crippen molar-refractivity contribution in [1.29, 1.82) is 0 Å². The van der Waals surface area contributed by atoms with Crippen LogP contribution in [0.2, 0.25) is 0 Å². The Balaban J connectivity index is 3.21. The Labute approximate surface area is 53.8 Å². The van der Waals surface area contributed by atoms with Crippen molar-refractivity contribution in [3.05, 3.63) is 6.61 Å². The molecule has 0 saturated carbocycles. The number of rotatable bonds is 3. The first kappa shape index (κ1) is 9.61. The van der Waals surface area contributed by atoms with Gasteiger partial charge in [0.15, 0.2) is 0 Å². The quantitative estimate of drug-likeness (QED) is 0.580. The fraction of sp³-hybridized carbons (Fsp3) is 0.750. The highest BCUT2D eigenvalue weighted by Crippen LogP contribution is 2.20. The van der Waals surface area contributed by atoms with E-state index in [0.29, 0.717) is 0 Å². The number of hydrogen-bond acceptors (Lipinski definition) is 1. The zero-order valence-corrected chi connectivity index (χ0v) is 4.71. The van der Waals surface area contributed by atoms with Crippen LogP contribution >= 0.6 is 0 Å². The number of hydrogen-bond donors (Lipinski definition) is 0. The Hall–Kier alpha value is -0.390. The average Bonchev–Trinajstić information content (AvgIpc) is 1.59. The van der Waals surface area contributed by atoms with Crippen LogP contribution in [0, 0.1) is 6.61 Å². The van der Waals surface area contributed by atoms with Gasteiger partial charge in [0.1, 0.15) is 0 Å². The molecule has 0 aliphatic rings. The van der Waals surface area contributed by atoms with Crippen LogP contribution < -0.4 is 0 Å². The van der Waals surface area contributed by atoms with Crippen LogP contribution in [0.15, 0.2) is 0 Å². The molecule has 0 aromatic heterocycles. The molecule has 6 heteroatoms. The van der Waals surface area contributed by atoms with Crippen molar-refractivity contribution in [2.75, 3.05) is 6.61 Å². The van der Waals surface area contributed by atoms with E-state index in [1.54, 1.807) is 0 Å². The van der Waals surface area contributed by atoms with Crippen LogP contribution in [0.5, 0.6) is 0 Å². The molecule has 0 bridgehead atoms. The maximum Gasteiger partial charge on any atom is 0.448 e. The molecule has 61 valence electrons. The van der Waals surface area contributed by atoms with Crippen LogP contribution in [0.1, 0.15) is 6.42 Å². The third-order valence-corrected chi connectivity index (χ3v) is 0.597. The molecule has 0 saturated heterocycles. The van der Waals surface area contributed by atoms with Gasteiger partial charge in [0, 0.05) is 0 Å². The first-order valence-corrected chi connectivity index (χ1v) is 2.29. The molecule has 0 rings (SSSR count). The van der Waals surface area contributed by atoms with Gasteiger partial charge in [-0.15, -0.1) is 0 Å². The van der Waals surface area contributed by atoms with Crippen LogP contribution in [0.4, 0.5) is 22.0 Å². The second-order valence-corrected chi connectivity index (χ2v) is 1.44. The molecule has 0 amide bonds. The number of ether oxygens (including phenoxy) is 1. The molecule has 0 fully saturated rings. The topological polar surface area (TPSA) is 9.23 Å². The summed E-state index contributed by atoms with van der Waals surface area (Å²) in [5, 5.41) is 0. The predicted molar refractivity (Wildman–Crippen MR) is 22.1 cm³/mol. The molecule has 0 unspecified atom stereocenters. The highest BCUT2D eigenvalue weighted by molar-refractivity contribution is 4.49. The lowest BCUT2D eigenvalue weighted by molar-refractivity contribution is -0.152. The van der Waals surface area contributed by atoms with Gasteiger partial charge in [-0.1, -0.05) is 0 Å². The monoisotopic (exact) mass is 163 g/mol. The second kappa shape index (κ2) is 3.70. The van der Waals surface area contributed by atoms with E-state index in [0.717, 1.165) is 0 Å². The van der Waals surface area contributed by atoms with Gasteiger partial charge in [-0.3, -0.25) is 0 Å². The SMILES string of the molecule is F[C](F)OCCC(F)(F)F. The number of alkyl halides is 3. The lowest BCUT2D eigenvalue weighted by atomic mass is 10.4. The Bertz CT molecular complexity index is 88.1. The minimum atomic E-state index is -4.44. The van der Waals surface area contributed by atoms with Crippen molar-refractivity contribution in [2.24, 2.45) is 0 Å². The lowest BCUT2D eigenvalue weighted by Gasteiger charge is -2.04. The molecule has 1 nitrogen and oxygen atoms in total. The van der Waals surface area contributed by atoms with E-state index in [2.05, 4.69) is 4.74 Å². The fourth-order valence-corrected chi connectivity index (χ4v) is 0.244. The minimum absolute atomic E-state index is 1.02. The van der Waals surface area contributed by atoms with Crippen LogP contribution in [-0.4, -0.2) is 12.8 Å². The van der Waals surface area contributed by atoms with E-state index < -0.39 is 25.8 Å². The van der Waals surface area contributed by atoms with Crippen molar-refractivity contribution in [2.45, 2.75) is 12.6 Å². The average molecular weight is 163 g/mol. The maximum absolute atomic E-state index is 11.2. The molecule has 1 radical (unpaired) electrons. The summed E-state index contributed by atoms with van der Waals surface area (Å²) in [6.07, 6.45) is -5.79. The molecular weight excluding hydrogens is 159 g/mol. The Morgan fingerprint density at radius 1 is 1.20 bits per heavy atom. The smallest absolute Gasteiger partial charge is 0.313 e. The van der Waals surface area contributed by atoms with Crippen LogP contribution in [-0.2, 0) is 4.74 Å². The highest BCUT2D eigenvalue weighted by atomic mass is 19.4. The molecule has 0 atom stereocenters. The summed E-state index contributed by atoms with van der Waals surface area (Å²) < 4.78 is 58.7. The Morgan fingerprint density at radius 3 is 2.00 bits per heavy atom. The van der Waals surface area contributed by atoms with Gasteiger partial charge in [-0.25, -0.2) is 0 Å². The zero-order valence-electron chi connectivity index (χ0n) is 4.71. The van der Waals surface area contributed by atoms with E-state index in [4.69, 9.17) is 0 Å². The van der Waals surface area contributed by atoms with Gasteiger partial charge < -0.3 is 4.74 Å². The van der Waals surface area contributed by atoms with Crippen LogP contribution in [0.25, 0.3) is 0 Å². The zero-order chi connectivity index (χ0) is 8.20. The van der Waals surface area contributed by atoms with E-state index in [9.17, 15) is 22.0 Å². The van der Waals surface area contributed by atoms with Crippen LogP contribution in [0.3, 0.4) is 0 Å². The van der Waals surface area contributed by atoms with Gasteiger partial charge in [-0.2, -0.15) is 22.0 Å². The summed E-state index contributed by atoms with van der Waals surface area (Å²) in [4.78, 5) is 0. The first-order chi connectivity index (χ1) is 4.42. The third kappa shape index (κ3) is 7.61.